The first-order chi connectivity index (χ1) is 12.7. The molecule has 1 aliphatic rings. The van der Waals surface area contributed by atoms with Crippen molar-refractivity contribution >= 4 is 23.0 Å². The number of para-hydroxylation sites is 3. The summed E-state index contributed by atoms with van der Waals surface area (Å²) in [5.74, 6) is 0.0830. The van der Waals surface area contributed by atoms with Gasteiger partial charge in [-0.2, -0.15) is 0 Å². The van der Waals surface area contributed by atoms with Gasteiger partial charge in [-0.1, -0.05) is 30.3 Å². The Morgan fingerprint density at radius 1 is 1.00 bits per heavy atom. The normalized spacial score (nSPS) is 14.3. The van der Waals surface area contributed by atoms with E-state index >= 15 is 0 Å². The number of anilines is 3. The molecule has 0 aromatic heterocycles. The lowest BCUT2D eigenvalue weighted by atomic mass is 10.1. The Labute approximate surface area is 156 Å². The predicted molar refractivity (Wildman–Crippen MR) is 110 cm³/mol. The van der Waals surface area contributed by atoms with Crippen LogP contribution in [0.5, 0.6) is 0 Å². The number of hydrogen-bond acceptors (Lipinski definition) is 3. The Hall–Kier alpha value is -2.49. The minimum atomic E-state index is 0.0830. The molecule has 4 nitrogen and oxygen atoms in total. The molecule has 4 heteroatoms. The molecule has 0 atom stereocenters. The first-order valence-electron chi connectivity index (χ1n) is 9.62. The molecule has 138 valence electrons. The molecule has 2 aromatic rings. The molecule has 1 amide bonds. The average Bonchev–Trinajstić information content (AvgIpc) is 2.68. The second kappa shape index (κ2) is 8.75. The summed E-state index contributed by atoms with van der Waals surface area (Å²) in [7, 11) is 0. The van der Waals surface area contributed by atoms with Crippen LogP contribution in [0.25, 0.3) is 0 Å². The van der Waals surface area contributed by atoms with E-state index < -0.39 is 0 Å². The van der Waals surface area contributed by atoms with Crippen molar-refractivity contribution in [3.63, 3.8) is 0 Å². The molecule has 0 aliphatic carbocycles. The number of nitrogens with one attached hydrogen (secondary N) is 1. The molecule has 0 spiro atoms. The van der Waals surface area contributed by atoms with E-state index in [1.807, 2.05) is 55.1 Å². The molecule has 1 aliphatic heterocycles. The number of amides is 1. The van der Waals surface area contributed by atoms with Crippen molar-refractivity contribution in [2.24, 2.45) is 0 Å². The zero-order chi connectivity index (χ0) is 18.4. The lowest BCUT2D eigenvalue weighted by Crippen LogP contribution is -2.40. The van der Waals surface area contributed by atoms with Gasteiger partial charge in [-0.05, 0) is 57.4 Å². The molecular weight excluding hydrogens is 322 g/mol. The van der Waals surface area contributed by atoms with E-state index in [-0.39, 0.29) is 18.5 Å². The monoisotopic (exact) mass is 351 g/mol. The number of rotatable bonds is 6. The van der Waals surface area contributed by atoms with Crippen LogP contribution >= 0.6 is 0 Å². The van der Waals surface area contributed by atoms with Gasteiger partial charge in [-0.15, -0.1) is 0 Å². The average molecular weight is 351 g/mol. The number of carbonyl (C=O) groups excluding carboxylic acids is 1. The third-order valence-corrected chi connectivity index (χ3v) is 4.85. The predicted octanol–water partition coefficient (Wildman–Crippen LogP) is 4.53. The van der Waals surface area contributed by atoms with E-state index in [4.69, 9.17) is 0 Å². The third kappa shape index (κ3) is 4.37. The quantitative estimate of drug-likeness (QED) is 0.830. The first kappa shape index (κ1) is 18.3. The summed E-state index contributed by atoms with van der Waals surface area (Å²) in [5, 5.41) is 3.38. The standard InChI is InChI=1S/C22H29N3O/c1-18(2)25(19-11-5-3-6-12-19)22(26)17-23-20-13-7-8-14-21(20)24-15-9-4-10-16-24/h3,5-8,11-14,18,23H,4,9-10,15-17H2,1-2H3. The van der Waals surface area contributed by atoms with Gasteiger partial charge in [0.1, 0.15) is 0 Å². The molecule has 1 N–H and O–H groups in total. The van der Waals surface area contributed by atoms with Crippen molar-refractivity contribution in [2.45, 2.75) is 39.2 Å². The smallest absolute Gasteiger partial charge is 0.246 e. The van der Waals surface area contributed by atoms with Gasteiger partial charge in [0.25, 0.3) is 0 Å². The molecule has 1 heterocycles. The minimum Gasteiger partial charge on any atom is -0.374 e. The highest BCUT2D eigenvalue weighted by Crippen LogP contribution is 2.28. The van der Waals surface area contributed by atoms with Crippen LogP contribution in [-0.4, -0.2) is 31.6 Å². The molecule has 1 saturated heterocycles. The van der Waals surface area contributed by atoms with Crippen molar-refractivity contribution < 1.29 is 4.79 Å². The fraction of sp³-hybridized carbons (Fsp3) is 0.409. The Morgan fingerprint density at radius 2 is 1.65 bits per heavy atom. The van der Waals surface area contributed by atoms with E-state index in [0.717, 1.165) is 24.5 Å². The summed E-state index contributed by atoms with van der Waals surface area (Å²) in [5.41, 5.74) is 3.19. The molecule has 1 fully saturated rings. The van der Waals surface area contributed by atoms with E-state index in [2.05, 4.69) is 28.4 Å². The number of carbonyl (C=O) groups is 1. The molecule has 3 rings (SSSR count). The van der Waals surface area contributed by atoms with E-state index in [1.165, 1.54) is 24.9 Å². The highest BCUT2D eigenvalue weighted by atomic mass is 16.2. The Kier molecular flexibility index (Phi) is 6.16. The second-order valence-corrected chi connectivity index (χ2v) is 7.11. The number of hydrogen-bond donors (Lipinski definition) is 1. The van der Waals surface area contributed by atoms with Gasteiger partial charge in [-0.3, -0.25) is 4.79 Å². The van der Waals surface area contributed by atoms with Crippen LogP contribution in [0.15, 0.2) is 54.6 Å². The maximum Gasteiger partial charge on any atom is 0.246 e. The summed E-state index contributed by atoms with van der Waals surface area (Å²) >= 11 is 0. The lowest BCUT2D eigenvalue weighted by Gasteiger charge is -2.31. The number of piperidine rings is 1. The molecule has 26 heavy (non-hydrogen) atoms. The highest BCUT2D eigenvalue weighted by molar-refractivity contribution is 5.97. The molecule has 0 radical (unpaired) electrons. The van der Waals surface area contributed by atoms with Crippen LogP contribution in [0.4, 0.5) is 17.1 Å². The summed E-state index contributed by atoms with van der Waals surface area (Å²) in [4.78, 5) is 17.2. The van der Waals surface area contributed by atoms with Crippen LogP contribution in [0.1, 0.15) is 33.1 Å². The van der Waals surface area contributed by atoms with Crippen LogP contribution in [0.2, 0.25) is 0 Å². The summed E-state index contributed by atoms with van der Waals surface area (Å²) in [6, 6.07) is 18.3. The van der Waals surface area contributed by atoms with E-state index in [0.29, 0.717) is 0 Å². The molecular formula is C22H29N3O. The van der Waals surface area contributed by atoms with Crippen molar-refractivity contribution in [1.82, 2.24) is 0 Å². The van der Waals surface area contributed by atoms with Crippen LogP contribution in [-0.2, 0) is 4.79 Å². The molecule has 0 unspecified atom stereocenters. The van der Waals surface area contributed by atoms with Crippen molar-refractivity contribution in [3.8, 4) is 0 Å². The Morgan fingerprint density at radius 3 is 2.35 bits per heavy atom. The van der Waals surface area contributed by atoms with Crippen molar-refractivity contribution in [3.05, 3.63) is 54.6 Å². The van der Waals surface area contributed by atoms with E-state index in [9.17, 15) is 4.79 Å². The minimum absolute atomic E-state index is 0.0830. The lowest BCUT2D eigenvalue weighted by molar-refractivity contribution is -0.117. The zero-order valence-corrected chi connectivity index (χ0v) is 15.8. The zero-order valence-electron chi connectivity index (χ0n) is 15.8. The van der Waals surface area contributed by atoms with Crippen LogP contribution in [0, 0.1) is 0 Å². The first-order valence-corrected chi connectivity index (χ1v) is 9.62. The second-order valence-electron chi connectivity index (χ2n) is 7.11. The Bertz CT molecular complexity index is 708. The summed E-state index contributed by atoms with van der Waals surface area (Å²) in [6.45, 7) is 6.57. The fourth-order valence-corrected chi connectivity index (χ4v) is 3.61. The van der Waals surface area contributed by atoms with Gasteiger partial charge >= 0.3 is 0 Å². The topological polar surface area (TPSA) is 35.6 Å². The van der Waals surface area contributed by atoms with Gasteiger partial charge in [0, 0.05) is 24.8 Å². The highest BCUT2D eigenvalue weighted by Gasteiger charge is 2.20. The van der Waals surface area contributed by atoms with Gasteiger partial charge < -0.3 is 15.1 Å². The number of nitrogens with zero attached hydrogens (tertiary/aromatic N) is 2. The molecule has 0 bridgehead atoms. The summed E-state index contributed by atoms with van der Waals surface area (Å²) < 4.78 is 0. The van der Waals surface area contributed by atoms with Crippen LogP contribution < -0.4 is 15.1 Å². The van der Waals surface area contributed by atoms with Gasteiger partial charge in [-0.25, -0.2) is 0 Å². The Balaban J connectivity index is 1.71. The van der Waals surface area contributed by atoms with Gasteiger partial charge in [0.2, 0.25) is 5.91 Å². The third-order valence-electron chi connectivity index (χ3n) is 4.85. The SMILES string of the molecule is CC(C)N(C(=O)CNc1ccccc1N1CCCCC1)c1ccccc1. The maximum absolute atomic E-state index is 12.9. The van der Waals surface area contributed by atoms with Gasteiger partial charge in [0.05, 0.1) is 17.9 Å². The molecule has 0 saturated carbocycles. The van der Waals surface area contributed by atoms with Crippen LogP contribution in [0.3, 0.4) is 0 Å². The maximum atomic E-state index is 12.9. The van der Waals surface area contributed by atoms with Crippen molar-refractivity contribution in [2.75, 3.05) is 34.8 Å². The van der Waals surface area contributed by atoms with Crippen molar-refractivity contribution in [1.29, 1.82) is 0 Å². The fourth-order valence-electron chi connectivity index (χ4n) is 3.61. The summed E-state index contributed by atoms with van der Waals surface area (Å²) in [6.07, 6.45) is 3.79. The number of benzene rings is 2. The molecule has 2 aromatic carbocycles. The van der Waals surface area contributed by atoms with E-state index in [1.54, 1.807) is 0 Å². The largest absolute Gasteiger partial charge is 0.374 e. The van der Waals surface area contributed by atoms with Gasteiger partial charge in [0.15, 0.2) is 0 Å².